The van der Waals surface area contributed by atoms with E-state index in [-0.39, 0.29) is 53.3 Å². The maximum absolute atomic E-state index is 12.8. The third-order valence-electron chi connectivity index (χ3n) is 11.8. The number of benzene rings is 3. The summed E-state index contributed by atoms with van der Waals surface area (Å²) in [6.45, 7) is 5.53. The number of nitrogens with one attached hydrogen (secondary N) is 1. The van der Waals surface area contributed by atoms with E-state index >= 15 is 0 Å². The monoisotopic (exact) mass is 1080 g/mol. The fourth-order valence-electron chi connectivity index (χ4n) is 7.96. The third-order valence-corrected chi connectivity index (χ3v) is 14.8. The highest BCUT2D eigenvalue weighted by Crippen LogP contribution is 2.30. The predicted molar refractivity (Wildman–Crippen MR) is 297 cm³/mol. The highest BCUT2D eigenvalue weighted by atomic mass is 32.1. The molecule has 3 aromatic heterocycles. The number of aryl methyl sites for hydroxylation is 3. The van der Waals surface area contributed by atoms with Crippen molar-refractivity contribution >= 4 is 80.9 Å². The van der Waals surface area contributed by atoms with Gasteiger partial charge in [0.2, 0.25) is 5.91 Å². The topological polar surface area (TPSA) is 263 Å². The molecule has 20 heteroatoms. The van der Waals surface area contributed by atoms with Crippen LogP contribution in [0.3, 0.4) is 0 Å². The third kappa shape index (κ3) is 23.4. The van der Waals surface area contributed by atoms with Crippen LogP contribution in [-0.4, -0.2) is 72.6 Å². The van der Waals surface area contributed by atoms with Gasteiger partial charge in [-0.25, -0.2) is 20.4 Å². The summed E-state index contributed by atoms with van der Waals surface area (Å²) in [6.07, 6.45) is 13.0. The largest absolute Gasteiger partial charge is 0.409 e. The molecule has 6 aromatic rings. The second-order valence-corrected chi connectivity index (χ2v) is 20.8. The zero-order valence-electron chi connectivity index (χ0n) is 42.6. The number of carbonyl (C=O) groups is 4. The number of Topliss-reactive ketones (excluding diaryl/α,β-unsaturated/α-hetero) is 3. The Morgan fingerprint density at radius 2 is 0.851 bits per heavy atom. The summed E-state index contributed by atoms with van der Waals surface area (Å²) in [5.41, 5.74) is 15.7. The van der Waals surface area contributed by atoms with E-state index in [1.54, 1.807) is 5.48 Å². The van der Waals surface area contributed by atoms with E-state index in [4.69, 9.17) is 34.1 Å². The van der Waals surface area contributed by atoms with Crippen molar-refractivity contribution in [1.29, 1.82) is 0 Å². The number of thiocarbonyl (C=S) groups is 1. The molecule has 0 bridgehead atoms. The molecule has 1 amide bonds. The maximum atomic E-state index is 12.8. The van der Waals surface area contributed by atoms with Crippen molar-refractivity contribution in [3.63, 3.8) is 0 Å². The number of amidine groups is 1. The van der Waals surface area contributed by atoms with Gasteiger partial charge in [0.15, 0.2) is 0 Å². The Hall–Kier alpha value is -6.06. The number of carbonyl (C=O) groups excluding carboxylic acids is 4. The lowest BCUT2D eigenvalue weighted by Gasteiger charge is -2.13. The number of unbranched alkanes of at least 4 members (excludes halogenated alkanes) is 6. The minimum Gasteiger partial charge on any atom is -0.409 e. The van der Waals surface area contributed by atoms with Crippen LogP contribution >= 0.6 is 46.8 Å². The molecule has 74 heavy (non-hydrogen) atoms. The lowest BCUT2D eigenvalue weighted by Crippen LogP contribution is -2.18. The second-order valence-electron chi connectivity index (χ2n) is 18.0. The average molecular weight is 1080 g/mol. The Balaban J connectivity index is 0.000000240. The van der Waals surface area contributed by atoms with Crippen LogP contribution < -0.4 is 16.9 Å². The van der Waals surface area contributed by atoms with Crippen LogP contribution in [-0.2, 0) is 38.4 Å². The van der Waals surface area contributed by atoms with Crippen LogP contribution in [0.1, 0.15) is 163 Å². The lowest BCUT2D eigenvalue weighted by atomic mass is 9.93. The lowest BCUT2D eigenvalue weighted by molar-refractivity contribution is -0.129. The van der Waals surface area contributed by atoms with Gasteiger partial charge in [0.05, 0.1) is 22.7 Å². The first-order valence-electron chi connectivity index (χ1n) is 25.0. The van der Waals surface area contributed by atoms with Crippen LogP contribution in [0, 0.1) is 20.8 Å². The molecular weight excluding hydrogens is 1010 g/mol. The van der Waals surface area contributed by atoms with Crippen molar-refractivity contribution in [2.24, 2.45) is 16.6 Å². The van der Waals surface area contributed by atoms with Gasteiger partial charge in [-0.15, -0.1) is 0 Å². The summed E-state index contributed by atoms with van der Waals surface area (Å²) in [5.74, 6) is 1.92. The molecule has 0 saturated carbocycles. The number of nitrogens with two attached hydrogens (primary N) is 2. The molecule has 3 aromatic carbocycles. The van der Waals surface area contributed by atoms with Gasteiger partial charge in [-0.2, -0.15) is 13.1 Å². The summed E-state index contributed by atoms with van der Waals surface area (Å²) >= 11 is 8.84. The zero-order valence-corrected chi connectivity index (χ0v) is 45.8. The smallest absolute Gasteiger partial charge is 0.243 e. The van der Waals surface area contributed by atoms with Crippen molar-refractivity contribution in [2.75, 3.05) is 0 Å². The molecule has 0 saturated heterocycles. The number of rotatable bonds is 30. The Morgan fingerprint density at radius 1 is 0.527 bits per heavy atom. The molecule has 396 valence electrons. The summed E-state index contributed by atoms with van der Waals surface area (Å²) < 4.78 is 12.7. The first kappa shape index (κ1) is 60.5. The quantitative estimate of drug-likeness (QED) is 0.00534. The Labute approximate surface area is 452 Å². The summed E-state index contributed by atoms with van der Waals surface area (Å²) in [7, 11) is 0. The van der Waals surface area contributed by atoms with E-state index in [9.17, 15) is 19.2 Å². The molecule has 0 aliphatic carbocycles. The number of oxime groups is 1. The fourth-order valence-corrected chi connectivity index (χ4v) is 10.6. The molecule has 3 atom stereocenters. The second kappa shape index (κ2) is 34.4. The highest BCUT2D eigenvalue weighted by Gasteiger charge is 2.26. The molecule has 0 fully saturated rings. The molecule has 0 aliphatic rings. The summed E-state index contributed by atoms with van der Waals surface area (Å²) in [5, 5.41) is 22.4. The standard InChI is InChI=1S/C18H24N4O2S.C18H23N3O3S.C18H23N3OS2/c1-13-20-18(25-22-13)15(10-6-3-7-11-17(19)21-24)16(23)12-14-8-4-2-5-9-14;1-13-19-18(25-21-13)15(10-6-3-7-11-17(23)20-24)16(22)12-14-8-4-2-5-9-14;1-13-20-18(24-21-13)15(10-6-3-7-11-17(19)23)16(22)12-14-8-4-2-5-9-14/h2,4-5,8-9,15,24H,3,6-7,10-12H2,1H3,(H2,19,21);2,4-5,8-9,15,24H,3,6-7,10-12H2,1H3,(H,20,23);2,4-5,8-9,15H,3,6-7,10-12H2,1H3,(H2,19,23). The molecule has 16 nitrogen and oxygen atoms in total. The Morgan fingerprint density at radius 3 is 1.14 bits per heavy atom. The average Bonchev–Trinajstić information content (AvgIpc) is 4.16. The number of hydrogen-bond acceptors (Lipinski definition) is 17. The van der Waals surface area contributed by atoms with Crippen LogP contribution in [0.4, 0.5) is 0 Å². The molecule has 7 N–H and O–H groups in total. The maximum Gasteiger partial charge on any atom is 0.243 e. The highest BCUT2D eigenvalue weighted by molar-refractivity contribution is 7.80. The SMILES string of the molecule is Cc1nsc(C(CCCCCC(=O)NO)C(=O)Cc2ccccc2)n1.Cc1nsc(C(CCCCCC(N)=NO)C(=O)Cc2ccccc2)n1.Cc1nsc(C(CCCCCC(N)=S)C(=O)Cc2ccccc2)n1. The number of aromatic nitrogens is 6. The Bertz CT molecular complexity index is 2630. The van der Waals surface area contributed by atoms with E-state index in [2.05, 4.69) is 33.2 Å². The fraction of sp³-hybridized carbons (Fsp3) is 0.444. The summed E-state index contributed by atoms with van der Waals surface area (Å²) in [4.78, 5) is 63.2. The molecule has 6 rings (SSSR count). The van der Waals surface area contributed by atoms with Crippen molar-refractivity contribution < 1.29 is 29.6 Å². The van der Waals surface area contributed by atoms with Gasteiger partial charge in [0, 0.05) is 32.1 Å². The first-order chi connectivity index (χ1) is 35.8. The van der Waals surface area contributed by atoms with E-state index in [1.807, 2.05) is 112 Å². The van der Waals surface area contributed by atoms with Gasteiger partial charge in [0.25, 0.3) is 0 Å². The number of ketones is 3. The van der Waals surface area contributed by atoms with E-state index in [1.165, 1.54) is 34.6 Å². The van der Waals surface area contributed by atoms with Crippen LogP contribution in [0.15, 0.2) is 96.2 Å². The van der Waals surface area contributed by atoms with Crippen molar-refractivity contribution in [3.8, 4) is 0 Å². The number of hydroxylamine groups is 1. The number of hydrogen-bond donors (Lipinski definition) is 5. The molecule has 3 unspecified atom stereocenters. The molecular formula is C54H70N10O6S4. The predicted octanol–water partition coefficient (Wildman–Crippen LogP) is 10.6. The first-order valence-corrected chi connectivity index (χ1v) is 27.8. The molecule has 3 heterocycles. The van der Waals surface area contributed by atoms with Gasteiger partial charge in [-0.1, -0.05) is 147 Å². The van der Waals surface area contributed by atoms with Crippen molar-refractivity contribution in [1.82, 2.24) is 33.6 Å². The number of amides is 1. The van der Waals surface area contributed by atoms with Crippen LogP contribution in [0.5, 0.6) is 0 Å². The normalized spacial score (nSPS) is 12.3. The molecule has 0 spiro atoms. The van der Waals surface area contributed by atoms with E-state index in [0.717, 1.165) is 108 Å². The van der Waals surface area contributed by atoms with E-state index < -0.39 is 0 Å². The number of nitrogens with zero attached hydrogens (tertiary/aromatic N) is 7. The van der Waals surface area contributed by atoms with Gasteiger partial charge in [-0.05, 0) is 117 Å². The van der Waals surface area contributed by atoms with Crippen molar-refractivity contribution in [2.45, 2.75) is 154 Å². The van der Waals surface area contributed by atoms with Gasteiger partial charge < -0.3 is 16.7 Å². The minimum absolute atomic E-state index is 0.149. The summed E-state index contributed by atoms with van der Waals surface area (Å²) in [6, 6.07) is 29.3. The van der Waals surface area contributed by atoms with E-state index in [0.29, 0.717) is 55.2 Å². The zero-order chi connectivity index (χ0) is 53.5. The van der Waals surface area contributed by atoms with Gasteiger partial charge in [0.1, 0.15) is 55.7 Å². The van der Waals surface area contributed by atoms with Crippen molar-refractivity contribution in [3.05, 3.63) is 140 Å². The van der Waals surface area contributed by atoms with Gasteiger partial charge >= 0.3 is 0 Å². The van der Waals surface area contributed by atoms with Crippen LogP contribution in [0.25, 0.3) is 0 Å². The minimum atomic E-state index is -0.378. The Kier molecular flexibility index (Phi) is 28.1. The van der Waals surface area contributed by atoms with Gasteiger partial charge in [-0.3, -0.25) is 24.4 Å². The molecule has 0 radical (unpaired) electrons. The van der Waals surface area contributed by atoms with Crippen LogP contribution in [0.2, 0.25) is 0 Å². The molecule has 0 aliphatic heterocycles.